The monoisotopic (exact) mass is 409 g/mol. The third-order valence-corrected chi connectivity index (χ3v) is 4.55. The van der Waals surface area contributed by atoms with E-state index in [0.29, 0.717) is 37.0 Å². The number of halogens is 1. The van der Waals surface area contributed by atoms with Crippen molar-refractivity contribution in [3.8, 4) is 0 Å². The van der Waals surface area contributed by atoms with E-state index in [2.05, 4.69) is 10.4 Å². The molecule has 1 N–H and O–H groups in total. The summed E-state index contributed by atoms with van der Waals surface area (Å²) in [5.74, 6) is 0. The highest BCUT2D eigenvalue weighted by Gasteiger charge is 2.08. The average molecular weight is 410 g/mol. The van der Waals surface area contributed by atoms with Crippen molar-refractivity contribution in [1.29, 1.82) is 0 Å². The summed E-state index contributed by atoms with van der Waals surface area (Å²) in [6.45, 7) is 2.14. The fourth-order valence-electron chi connectivity index (χ4n) is 2.76. The molecule has 0 bridgehead atoms. The Kier molecular flexibility index (Phi) is 8.04. The molecule has 3 aromatic rings. The molecule has 0 unspecified atom stereocenters. The molecule has 0 fully saturated rings. The van der Waals surface area contributed by atoms with Crippen LogP contribution in [0, 0.1) is 0 Å². The summed E-state index contributed by atoms with van der Waals surface area (Å²) < 4.78 is 7.05. The number of benzene rings is 2. The lowest BCUT2D eigenvalue weighted by molar-refractivity contribution is 0.120. The largest absolute Gasteiger partial charge is 0.379 e. The van der Waals surface area contributed by atoms with Gasteiger partial charge < -0.3 is 10.1 Å². The number of rotatable bonds is 10. The van der Waals surface area contributed by atoms with Crippen LogP contribution in [-0.2, 0) is 17.9 Å². The van der Waals surface area contributed by atoms with E-state index in [0.717, 1.165) is 17.5 Å². The molecule has 29 heavy (non-hydrogen) atoms. The fraction of sp³-hybridized carbons (Fsp3) is 0.217. The molecule has 0 amide bonds. The fourth-order valence-corrected chi connectivity index (χ4v) is 2.95. The Morgan fingerprint density at radius 3 is 2.55 bits per heavy atom. The van der Waals surface area contributed by atoms with E-state index in [1.165, 1.54) is 10.9 Å². The first-order valence-electron chi connectivity index (χ1n) is 9.57. The minimum atomic E-state index is -0.236. The Labute approximate surface area is 175 Å². The Morgan fingerprint density at radius 1 is 1.07 bits per heavy atom. The van der Waals surface area contributed by atoms with Gasteiger partial charge in [-0.2, -0.15) is 5.10 Å². The van der Waals surface area contributed by atoms with Crippen molar-refractivity contribution in [2.24, 2.45) is 0 Å². The molecule has 0 saturated carbocycles. The third kappa shape index (κ3) is 6.59. The number of nitrogens with one attached hydrogen (secondary N) is 1. The number of allylic oxidation sites excluding steroid dienone is 1. The van der Waals surface area contributed by atoms with E-state index in [4.69, 9.17) is 16.3 Å². The van der Waals surface area contributed by atoms with Gasteiger partial charge in [0.15, 0.2) is 0 Å². The molecule has 0 atom stereocenters. The SMILES string of the molecule is O=c1c(NCCCOCc2ccccc2)c(Cl)cnn1C/C=C/c1ccccc1. The highest BCUT2D eigenvalue weighted by molar-refractivity contribution is 6.32. The highest BCUT2D eigenvalue weighted by atomic mass is 35.5. The first-order chi connectivity index (χ1) is 14.2. The minimum absolute atomic E-state index is 0.236. The predicted octanol–water partition coefficient (Wildman–Crippen LogP) is 4.63. The lowest BCUT2D eigenvalue weighted by atomic mass is 10.2. The van der Waals surface area contributed by atoms with Crippen LogP contribution in [0.4, 0.5) is 5.69 Å². The van der Waals surface area contributed by atoms with Crippen LogP contribution in [0.25, 0.3) is 6.08 Å². The van der Waals surface area contributed by atoms with Crippen molar-refractivity contribution in [2.75, 3.05) is 18.5 Å². The maximum atomic E-state index is 12.6. The third-order valence-electron chi connectivity index (χ3n) is 4.26. The Balaban J connectivity index is 1.48. The summed E-state index contributed by atoms with van der Waals surface area (Å²) in [7, 11) is 0. The molecule has 150 valence electrons. The number of aromatic nitrogens is 2. The van der Waals surface area contributed by atoms with E-state index in [9.17, 15) is 4.79 Å². The molecule has 0 spiro atoms. The standard InChI is InChI=1S/C23H24ClN3O2/c24-21-17-26-27(15-7-13-19-9-3-1-4-10-19)23(28)22(21)25-14-8-16-29-18-20-11-5-2-6-12-20/h1-7,9-13,17,25H,8,14-16,18H2/b13-7+. The first-order valence-corrected chi connectivity index (χ1v) is 9.94. The first kappa shape index (κ1) is 20.8. The van der Waals surface area contributed by atoms with Gasteiger partial charge in [0.25, 0.3) is 5.56 Å². The van der Waals surface area contributed by atoms with Crippen LogP contribution in [0.5, 0.6) is 0 Å². The number of hydrogen-bond acceptors (Lipinski definition) is 4. The zero-order valence-corrected chi connectivity index (χ0v) is 16.9. The van der Waals surface area contributed by atoms with Gasteiger partial charge in [0.1, 0.15) is 5.69 Å². The maximum Gasteiger partial charge on any atom is 0.291 e. The van der Waals surface area contributed by atoms with Crippen molar-refractivity contribution >= 4 is 23.4 Å². The topological polar surface area (TPSA) is 56.1 Å². The molecule has 0 aliphatic rings. The van der Waals surface area contributed by atoms with Gasteiger partial charge in [-0.3, -0.25) is 4.79 Å². The van der Waals surface area contributed by atoms with Gasteiger partial charge >= 0.3 is 0 Å². The van der Waals surface area contributed by atoms with Crippen LogP contribution in [0.15, 0.2) is 77.7 Å². The molecule has 0 saturated heterocycles. The van der Waals surface area contributed by atoms with Crippen molar-refractivity contribution < 1.29 is 4.74 Å². The maximum absolute atomic E-state index is 12.6. The van der Waals surface area contributed by atoms with Crippen LogP contribution in [-0.4, -0.2) is 22.9 Å². The van der Waals surface area contributed by atoms with Crippen LogP contribution in [0.1, 0.15) is 17.5 Å². The van der Waals surface area contributed by atoms with Crippen LogP contribution >= 0.6 is 11.6 Å². The Bertz CT molecular complexity index is 972. The quantitative estimate of drug-likeness (QED) is 0.496. The van der Waals surface area contributed by atoms with E-state index in [1.807, 2.05) is 72.8 Å². The van der Waals surface area contributed by atoms with Gasteiger partial charge in [-0.1, -0.05) is 84.4 Å². The molecule has 1 aromatic heterocycles. The molecule has 6 heteroatoms. The molecule has 3 rings (SSSR count). The van der Waals surface area contributed by atoms with E-state index >= 15 is 0 Å². The predicted molar refractivity (Wildman–Crippen MR) is 118 cm³/mol. The second-order valence-electron chi connectivity index (χ2n) is 6.49. The number of nitrogens with zero attached hydrogens (tertiary/aromatic N) is 2. The van der Waals surface area contributed by atoms with E-state index in [-0.39, 0.29) is 5.56 Å². The zero-order valence-electron chi connectivity index (χ0n) is 16.1. The zero-order chi connectivity index (χ0) is 20.3. The van der Waals surface area contributed by atoms with Gasteiger partial charge in [0, 0.05) is 13.2 Å². The van der Waals surface area contributed by atoms with E-state index in [1.54, 1.807) is 0 Å². The number of ether oxygens (including phenoxy) is 1. The minimum Gasteiger partial charge on any atom is -0.379 e. The van der Waals surface area contributed by atoms with Gasteiger partial charge in [0.05, 0.1) is 24.4 Å². The smallest absolute Gasteiger partial charge is 0.291 e. The second kappa shape index (κ2) is 11.2. The van der Waals surface area contributed by atoms with Crippen molar-refractivity contribution in [3.63, 3.8) is 0 Å². The lowest BCUT2D eigenvalue weighted by Gasteiger charge is -2.10. The molecule has 1 heterocycles. The summed E-state index contributed by atoms with van der Waals surface area (Å²) >= 11 is 6.16. The molecule has 0 aliphatic heterocycles. The summed E-state index contributed by atoms with van der Waals surface area (Å²) in [4.78, 5) is 12.6. The van der Waals surface area contributed by atoms with E-state index < -0.39 is 0 Å². The average Bonchev–Trinajstić information content (AvgIpc) is 2.75. The lowest BCUT2D eigenvalue weighted by Crippen LogP contribution is -2.26. The van der Waals surface area contributed by atoms with Crippen molar-refractivity contribution in [3.05, 3.63) is 99.4 Å². The summed E-state index contributed by atoms with van der Waals surface area (Å²) in [5.41, 5.74) is 2.35. The normalized spacial score (nSPS) is 11.1. The molecular formula is C23H24ClN3O2. The molecule has 5 nitrogen and oxygen atoms in total. The number of hydrogen-bond donors (Lipinski definition) is 1. The van der Waals surface area contributed by atoms with Gasteiger partial charge in [-0.25, -0.2) is 4.68 Å². The summed E-state index contributed by atoms with van der Waals surface area (Å²) in [6, 6.07) is 19.9. The van der Waals surface area contributed by atoms with Crippen molar-refractivity contribution in [2.45, 2.75) is 19.6 Å². The van der Waals surface area contributed by atoms with Gasteiger partial charge in [0.2, 0.25) is 0 Å². The molecule has 2 aromatic carbocycles. The van der Waals surface area contributed by atoms with Crippen LogP contribution in [0.3, 0.4) is 0 Å². The van der Waals surface area contributed by atoms with Crippen molar-refractivity contribution in [1.82, 2.24) is 9.78 Å². The summed E-state index contributed by atoms with van der Waals surface area (Å²) in [5, 5.41) is 7.56. The van der Waals surface area contributed by atoms with Crippen LogP contribution in [0.2, 0.25) is 5.02 Å². The number of anilines is 1. The van der Waals surface area contributed by atoms with Crippen LogP contribution < -0.4 is 10.9 Å². The Hall–Kier alpha value is -2.89. The molecule has 0 aliphatic carbocycles. The van der Waals surface area contributed by atoms with Gasteiger partial charge in [-0.15, -0.1) is 0 Å². The molecular weight excluding hydrogens is 386 g/mol. The summed E-state index contributed by atoms with van der Waals surface area (Å²) in [6.07, 6.45) is 6.12. The second-order valence-corrected chi connectivity index (χ2v) is 6.89. The molecule has 0 radical (unpaired) electrons. The Morgan fingerprint density at radius 2 is 1.79 bits per heavy atom. The highest BCUT2D eigenvalue weighted by Crippen LogP contribution is 2.15. The van der Waals surface area contributed by atoms with Gasteiger partial charge in [-0.05, 0) is 17.5 Å².